The minimum atomic E-state index is 0.221. The maximum absolute atomic E-state index is 11.5. The summed E-state index contributed by atoms with van der Waals surface area (Å²) in [7, 11) is 0. The van der Waals surface area contributed by atoms with Crippen molar-refractivity contribution in [1.82, 2.24) is 5.32 Å². The Hall–Kier alpha value is -0.570. The Morgan fingerprint density at radius 1 is 1.33 bits per heavy atom. The Balaban J connectivity index is 1.95. The van der Waals surface area contributed by atoms with Gasteiger partial charge in [-0.25, -0.2) is 0 Å². The van der Waals surface area contributed by atoms with Gasteiger partial charge in [-0.2, -0.15) is 0 Å². The van der Waals surface area contributed by atoms with Crippen LogP contribution in [0.4, 0.5) is 0 Å². The Morgan fingerprint density at radius 3 is 2.47 bits per heavy atom. The van der Waals surface area contributed by atoms with Crippen molar-refractivity contribution >= 4 is 5.91 Å². The maximum atomic E-state index is 11.5. The van der Waals surface area contributed by atoms with E-state index in [1.54, 1.807) is 0 Å². The predicted octanol–water partition coefficient (Wildman–Crippen LogP) is 1.81. The molecule has 0 spiro atoms. The number of nitrogens with one attached hydrogen (secondary N) is 1. The summed E-state index contributed by atoms with van der Waals surface area (Å²) in [5, 5.41) is 3.07. The second kappa shape index (κ2) is 5.50. The molecule has 3 N–H and O–H groups in total. The molecule has 1 amide bonds. The molecular weight excluding hydrogens is 188 g/mol. The number of hydrogen-bond donors (Lipinski definition) is 2. The molecule has 0 heterocycles. The zero-order chi connectivity index (χ0) is 11.3. The monoisotopic (exact) mass is 212 g/mol. The summed E-state index contributed by atoms with van der Waals surface area (Å²) in [6, 6.07) is 0.425. The topological polar surface area (TPSA) is 55.1 Å². The first kappa shape index (κ1) is 12.5. The summed E-state index contributed by atoms with van der Waals surface area (Å²) in [4.78, 5) is 11.5. The quantitative estimate of drug-likeness (QED) is 0.632. The Kier molecular flexibility index (Phi) is 4.58. The fourth-order valence-corrected chi connectivity index (χ4v) is 1.76. The lowest BCUT2D eigenvalue weighted by Crippen LogP contribution is -2.27. The van der Waals surface area contributed by atoms with Gasteiger partial charge in [-0.1, -0.05) is 26.7 Å². The van der Waals surface area contributed by atoms with Gasteiger partial charge in [0.2, 0.25) is 5.91 Å². The van der Waals surface area contributed by atoms with Gasteiger partial charge in [0.1, 0.15) is 0 Å². The van der Waals surface area contributed by atoms with E-state index in [-0.39, 0.29) is 5.91 Å². The van der Waals surface area contributed by atoms with E-state index in [9.17, 15) is 4.79 Å². The van der Waals surface area contributed by atoms with Crippen LogP contribution in [0.1, 0.15) is 52.4 Å². The third-order valence-corrected chi connectivity index (χ3v) is 3.21. The van der Waals surface area contributed by atoms with Crippen LogP contribution in [0.15, 0.2) is 0 Å². The van der Waals surface area contributed by atoms with Gasteiger partial charge in [-0.3, -0.25) is 4.79 Å². The summed E-state index contributed by atoms with van der Waals surface area (Å²) in [6.45, 7) is 5.15. The second-order valence-electron chi connectivity index (χ2n) is 5.27. The van der Waals surface area contributed by atoms with Crippen LogP contribution < -0.4 is 11.1 Å². The van der Waals surface area contributed by atoms with Crippen LogP contribution in [0.25, 0.3) is 0 Å². The average molecular weight is 212 g/mol. The summed E-state index contributed by atoms with van der Waals surface area (Å²) in [5.41, 5.74) is 5.74. The van der Waals surface area contributed by atoms with Gasteiger partial charge in [-0.05, 0) is 31.2 Å². The Labute approximate surface area is 92.8 Å². The molecule has 0 bridgehead atoms. The number of carbonyl (C=O) groups is 1. The van der Waals surface area contributed by atoms with Gasteiger partial charge in [0.05, 0.1) is 0 Å². The van der Waals surface area contributed by atoms with Gasteiger partial charge in [0, 0.05) is 12.5 Å². The molecule has 3 heteroatoms. The Morgan fingerprint density at radius 2 is 1.93 bits per heavy atom. The predicted molar refractivity (Wildman–Crippen MR) is 62.5 cm³/mol. The molecule has 0 aliphatic heterocycles. The van der Waals surface area contributed by atoms with E-state index in [0.717, 1.165) is 38.6 Å². The van der Waals surface area contributed by atoms with Gasteiger partial charge in [-0.15, -0.1) is 0 Å². The van der Waals surface area contributed by atoms with E-state index in [1.165, 1.54) is 0 Å². The first-order chi connectivity index (χ1) is 7.06. The molecule has 1 saturated carbocycles. The zero-order valence-corrected chi connectivity index (χ0v) is 10.0. The number of nitrogens with two attached hydrogens (primary N) is 1. The normalized spacial score (nSPS) is 22.5. The molecule has 0 aromatic rings. The van der Waals surface area contributed by atoms with Crippen LogP contribution in [0.2, 0.25) is 0 Å². The van der Waals surface area contributed by atoms with Crippen molar-refractivity contribution in [3.8, 4) is 0 Å². The van der Waals surface area contributed by atoms with Crippen molar-refractivity contribution < 1.29 is 4.79 Å². The highest BCUT2D eigenvalue weighted by molar-refractivity contribution is 5.76. The molecule has 0 radical (unpaired) electrons. The summed E-state index contributed by atoms with van der Waals surface area (Å²) < 4.78 is 0. The number of hydrogen-bond acceptors (Lipinski definition) is 2. The minimum absolute atomic E-state index is 0.221. The van der Waals surface area contributed by atoms with Crippen molar-refractivity contribution in [2.45, 2.75) is 58.4 Å². The highest BCUT2D eigenvalue weighted by Gasteiger charge is 2.46. The molecule has 1 aliphatic carbocycles. The van der Waals surface area contributed by atoms with Crippen molar-refractivity contribution in [1.29, 1.82) is 0 Å². The molecule has 0 saturated heterocycles. The van der Waals surface area contributed by atoms with Gasteiger partial charge < -0.3 is 11.1 Å². The smallest absolute Gasteiger partial charge is 0.220 e. The second-order valence-corrected chi connectivity index (χ2v) is 5.27. The van der Waals surface area contributed by atoms with E-state index in [2.05, 4.69) is 19.2 Å². The lowest BCUT2D eigenvalue weighted by molar-refractivity contribution is -0.121. The van der Waals surface area contributed by atoms with Crippen LogP contribution in [-0.2, 0) is 4.79 Å². The number of carbonyl (C=O) groups excluding carboxylic acids is 1. The number of unbranched alkanes of at least 4 members (excludes halogenated alkanes) is 3. The SMILES string of the molecule is CC1(C)CC1NC(=O)CCCCCCN. The third kappa shape index (κ3) is 4.65. The lowest BCUT2D eigenvalue weighted by Gasteiger charge is -2.06. The fraction of sp³-hybridized carbons (Fsp3) is 0.917. The van der Waals surface area contributed by atoms with E-state index < -0.39 is 0 Å². The third-order valence-electron chi connectivity index (χ3n) is 3.21. The van der Waals surface area contributed by atoms with E-state index in [0.29, 0.717) is 17.9 Å². The van der Waals surface area contributed by atoms with Crippen LogP contribution in [0, 0.1) is 5.41 Å². The van der Waals surface area contributed by atoms with Crippen LogP contribution in [-0.4, -0.2) is 18.5 Å². The number of rotatable bonds is 7. The van der Waals surface area contributed by atoms with Crippen molar-refractivity contribution in [2.75, 3.05) is 6.54 Å². The highest BCUT2D eigenvalue weighted by atomic mass is 16.1. The van der Waals surface area contributed by atoms with Gasteiger partial charge in [0.25, 0.3) is 0 Å². The molecule has 0 aromatic carbocycles. The van der Waals surface area contributed by atoms with Gasteiger partial charge >= 0.3 is 0 Å². The fourth-order valence-electron chi connectivity index (χ4n) is 1.76. The summed E-state index contributed by atoms with van der Waals surface area (Å²) in [5.74, 6) is 0.221. The van der Waals surface area contributed by atoms with Gasteiger partial charge in [0.15, 0.2) is 0 Å². The molecule has 0 aromatic heterocycles. The number of amides is 1. The first-order valence-electron chi connectivity index (χ1n) is 6.06. The maximum Gasteiger partial charge on any atom is 0.220 e. The first-order valence-corrected chi connectivity index (χ1v) is 6.06. The summed E-state index contributed by atoms with van der Waals surface area (Å²) >= 11 is 0. The average Bonchev–Trinajstić information content (AvgIpc) is 2.73. The van der Waals surface area contributed by atoms with Crippen molar-refractivity contribution in [3.63, 3.8) is 0 Å². The van der Waals surface area contributed by atoms with Crippen LogP contribution >= 0.6 is 0 Å². The Bertz CT molecular complexity index is 214. The van der Waals surface area contributed by atoms with E-state index >= 15 is 0 Å². The van der Waals surface area contributed by atoms with Crippen molar-refractivity contribution in [3.05, 3.63) is 0 Å². The van der Waals surface area contributed by atoms with Crippen molar-refractivity contribution in [2.24, 2.45) is 11.1 Å². The standard InChI is InChI=1S/C12H24N2O/c1-12(2)9-10(12)14-11(15)7-5-3-4-6-8-13/h10H,3-9,13H2,1-2H3,(H,14,15). The largest absolute Gasteiger partial charge is 0.353 e. The molecule has 15 heavy (non-hydrogen) atoms. The van der Waals surface area contributed by atoms with Crippen LogP contribution in [0.5, 0.6) is 0 Å². The minimum Gasteiger partial charge on any atom is -0.353 e. The highest BCUT2D eigenvalue weighted by Crippen LogP contribution is 2.44. The summed E-state index contributed by atoms with van der Waals surface area (Å²) in [6.07, 6.45) is 6.16. The van der Waals surface area contributed by atoms with E-state index in [1.807, 2.05) is 0 Å². The molecule has 1 fully saturated rings. The molecule has 88 valence electrons. The zero-order valence-electron chi connectivity index (χ0n) is 10.0. The molecule has 1 unspecified atom stereocenters. The van der Waals surface area contributed by atoms with Crippen LogP contribution in [0.3, 0.4) is 0 Å². The van der Waals surface area contributed by atoms with E-state index in [4.69, 9.17) is 5.73 Å². The molecular formula is C12H24N2O. The molecule has 1 rings (SSSR count). The molecule has 1 atom stereocenters. The molecule has 1 aliphatic rings. The lowest BCUT2D eigenvalue weighted by atomic mass is 10.1. The molecule has 3 nitrogen and oxygen atoms in total.